The Morgan fingerprint density at radius 2 is 1.88 bits per heavy atom. The maximum absolute atomic E-state index is 12.1. The Bertz CT molecular complexity index is 437. The third-order valence-corrected chi connectivity index (χ3v) is 1.67. The van der Waals surface area contributed by atoms with E-state index in [4.69, 9.17) is 11.5 Å². The number of alkyl halides is 3. The van der Waals surface area contributed by atoms with Gasteiger partial charge in [-0.15, -0.1) is 0 Å². The van der Waals surface area contributed by atoms with Crippen LogP contribution in [0.1, 0.15) is 20.8 Å². The van der Waals surface area contributed by atoms with Gasteiger partial charge in [0.25, 0.3) is 11.8 Å². The lowest BCUT2D eigenvalue weighted by Gasteiger charge is -2.08. The van der Waals surface area contributed by atoms with E-state index in [0.29, 0.717) is 4.68 Å². The van der Waals surface area contributed by atoms with Gasteiger partial charge in [-0.1, -0.05) is 0 Å². The molecule has 0 aliphatic carbocycles. The first kappa shape index (κ1) is 12.0. The normalized spacial score (nSPS) is 11.4. The number of primary amides is 2. The molecule has 1 heterocycles. The SMILES string of the molecule is NC(=O)c1cnn(CC(F)(F)F)c1C(N)=O. The largest absolute Gasteiger partial charge is 0.408 e. The minimum absolute atomic E-state index is 0.294. The number of aromatic nitrogens is 2. The summed E-state index contributed by atoms with van der Waals surface area (Å²) in [6.07, 6.45) is -3.81. The van der Waals surface area contributed by atoms with Gasteiger partial charge in [0.2, 0.25) is 0 Å². The fourth-order valence-electron chi connectivity index (χ4n) is 1.12. The van der Waals surface area contributed by atoms with Crippen LogP contribution in [-0.2, 0) is 6.54 Å². The number of amides is 2. The van der Waals surface area contributed by atoms with Gasteiger partial charge in [0, 0.05) is 0 Å². The van der Waals surface area contributed by atoms with Gasteiger partial charge in [0.05, 0.1) is 11.8 Å². The molecule has 88 valence electrons. The van der Waals surface area contributed by atoms with Crippen LogP contribution in [0.3, 0.4) is 0 Å². The molecule has 0 aromatic carbocycles. The van der Waals surface area contributed by atoms with Gasteiger partial charge in [-0.2, -0.15) is 18.3 Å². The second kappa shape index (κ2) is 3.83. The third-order valence-electron chi connectivity index (χ3n) is 1.67. The van der Waals surface area contributed by atoms with E-state index in [2.05, 4.69) is 5.10 Å². The summed E-state index contributed by atoms with van der Waals surface area (Å²) in [5.74, 6) is -2.27. The van der Waals surface area contributed by atoms with Crippen LogP contribution in [0.25, 0.3) is 0 Å². The van der Waals surface area contributed by atoms with E-state index in [1.807, 2.05) is 0 Å². The highest BCUT2D eigenvalue weighted by molar-refractivity contribution is 6.04. The average Bonchev–Trinajstić information content (AvgIpc) is 2.44. The summed E-state index contributed by atoms with van der Waals surface area (Å²) in [6, 6.07) is 0. The van der Waals surface area contributed by atoms with Crippen molar-refractivity contribution >= 4 is 11.8 Å². The van der Waals surface area contributed by atoms with Gasteiger partial charge in [0.15, 0.2) is 0 Å². The van der Waals surface area contributed by atoms with E-state index in [0.717, 1.165) is 6.20 Å². The van der Waals surface area contributed by atoms with Crippen LogP contribution in [0, 0.1) is 0 Å². The average molecular weight is 236 g/mol. The molecule has 1 aromatic rings. The van der Waals surface area contributed by atoms with Crippen molar-refractivity contribution in [2.75, 3.05) is 0 Å². The molecule has 0 aliphatic heterocycles. The van der Waals surface area contributed by atoms with Gasteiger partial charge in [-0.3, -0.25) is 9.59 Å². The Labute approximate surface area is 87.0 Å². The van der Waals surface area contributed by atoms with E-state index in [1.165, 1.54) is 0 Å². The molecule has 1 aromatic heterocycles. The molecule has 0 bridgehead atoms. The fraction of sp³-hybridized carbons (Fsp3) is 0.286. The third kappa shape index (κ3) is 2.49. The first-order valence-electron chi connectivity index (χ1n) is 3.94. The molecule has 0 unspecified atom stereocenters. The number of carbonyl (C=O) groups is 2. The lowest BCUT2D eigenvalue weighted by atomic mass is 10.2. The number of halogens is 3. The van der Waals surface area contributed by atoms with Crippen molar-refractivity contribution in [2.45, 2.75) is 12.7 Å². The second-order valence-corrected chi connectivity index (χ2v) is 2.91. The van der Waals surface area contributed by atoms with Crippen LogP contribution in [0.4, 0.5) is 13.2 Å². The zero-order valence-electron chi connectivity index (χ0n) is 7.78. The van der Waals surface area contributed by atoms with E-state index >= 15 is 0 Å². The van der Waals surface area contributed by atoms with Crippen LogP contribution in [0.2, 0.25) is 0 Å². The van der Waals surface area contributed by atoms with Gasteiger partial charge < -0.3 is 11.5 Å². The molecule has 16 heavy (non-hydrogen) atoms. The molecule has 4 N–H and O–H groups in total. The minimum atomic E-state index is -4.58. The summed E-state index contributed by atoms with van der Waals surface area (Å²) in [4.78, 5) is 21.7. The van der Waals surface area contributed by atoms with Crippen molar-refractivity contribution in [1.82, 2.24) is 9.78 Å². The van der Waals surface area contributed by atoms with Crippen LogP contribution in [0.5, 0.6) is 0 Å². The molecular formula is C7H7F3N4O2. The van der Waals surface area contributed by atoms with Gasteiger partial charge in [0.1, 0.15) is 12.2 Å². The number of hydrogen-bond donors (Lipinski definition) is 2. The van der Waals surface area contributed by atoms with Crippen LogP contribution < -0.4 is 11.5 Å². The monoisotopic (exact) mass is 236 g/mol. The Kier molecular flexibility index (Phi) is 2.88. The lowest BCUT2D eigenvalue weighted by Crippen LogP contribution is -2.27. The Balaban J connectivity index is 3.21. The highest BCUT2D eigenvalue weighted by Gasteiger charge is 2.32. The zero-order chi connectivity index (χ0) is 12.5. The predicted molar refractivity (Wildman–Crippen MR) is 45.3 cm³/mol. The summed E-state index contributed by atoms with van der Waals surface area (Å²) in [7, 11) is 0. The van der Waals surface area contributed by atoms with E-state index < -0.39 is 35.8 Å². The lowest BCUT2D eigenvalue weighted by molar-refractivity contribution is -0.142. The fourth-order valence-corrected chi connectivity index (χ4v) is 1.12. The minimum Gasteiger partial charge on any atom is -0.365 e. The van der Waals surface area contributed by atoms with Crippen molar-refractivity contribution in [3.8, 4) is 0 Å². The van der Waals surface area contributed by atoms with Crippen LogP contribution in [0.15, 0.2) is 6.20 Å². The van der Waals surface area contributed by atoms with Crippen molar-refractivity contribution in [3.05, 3.63) is 17.5 Å². The summed E-state index contributed by atoms with van der Waals surface area (Å²) in [6.45, 7) is -1.52. The molecule has 0 radical (unpaired) electrons. The maximum atomic E-state index is 12.1. The van der Waals surface area contributed by atoms with Crippen LogP contribution >= 0.6 is 0 Å². The topological polar surface area (TPSA) is 104 Å². The van der Waals surface area contributed by atoms with Crippen molar-refractivity contribution in [1.29, 1.82) is 0 Å². The molecule has 9 heteroatoms. The molecule has 0 saturated carbocycles. The summed E-state index contributed by atoms with van der Waals surface area (Å²) in [5.41, 5.74) is 8.61. The molecule has 1 rings (SSSR count). The van der Waals surface area contributed by atoms with Gasteiger partial charge in [-0.25, -0.2) is 4.68 Å². The van der Waals surface area contributed by atoms with E-state index in [9.17, 15) is 22.8 Å². The van der Waals surface area contributed by atoms with E-state index in [-0.39, 0.29) is 0 Å². The van der Waals surface area contributed by atoms with Crippen molar-refractivity contribution in [2.24, 2.45) is 11.5 Å². The highest BCUT2D eigenvalue weighted by Crippen LogP contribution is 2.19. The number of hydrogen-bond acceptors (Lipinski definition) is 3. The maximum Gasteiger partial charge on any atom is 0.408 e. The number of nitrogens with two attached hydrogens (primary N) is 2. The number of rotatable bonds is 3. The summed E-state index contributed by atoms with van der Waals surface area (Å²) >= 11 is 0. The first-order valence-corrected chi connectivity index (χ1v) is 3.94. The molecule has 0 atom stereocenters. The Morgan fingerprint density at radius 3 is 2.25 bits per heavy atom. The Morgan fingerprint density at radius 1 is 1.31 bits per heavy atom. The van der Waals surface area contributed by atoms with Crippen molar-refractivity contribution < 1.29 is 22.8 Å². The second-order valence-electron chi connectivity index (χ2n) is 2.91. The van der Waals surface area contributed by atoms with Crippen molar-refractivity contribution in [3.63, 3.8) is 0 Å². The number of carbonyl (C=O) groups excluding carboxylic acids is 2. The molecule has 0 aliphatic rings. The summed E-state index contributed by atoms with van der Waals surface area (Å²) in [5, 5.41) is 3.24. The first-order chi connectivity index (χ1) is 7.22. The zero-order valence-corrected chi connectivity index (χ0v) is 7.78. The highest BCUT2D eigenvalue weighted by atomic mass is 19.4. The smallest absolute Gasteiger partial charge is 0.365 e. The van der Waals surface area contributed by atoms with Gasteiger partial charge in [-0.05, 0) is 0 Å². The predicted octanol–water partition coefficient (Wildman–Crippen LogP) is -0.357. The molecule has 0 spiro atoms. The molecule has 2 amide bonds. The van der Waals surface area contributed by atoms with Crippen LogP contribution in [-0.4, -0.2) is 27.8 Å². The van der Waals surface area contributed by atoms with Gasteiger partial charge >= 0.3 is 6.18 Å². The quantitative estimate of drug-likeness (QED) is 0.748. The molecule has 6 nitrogen and oxygen atoms in total. The number of nitrogens with zero attached hydrogens (tertiary/aromatic N) is 2. The van der Waals surface area contributed by atoms with E-state index in [1.54, 1.807) is 0 Å². The molecule has 0 saturated heterocycles. The Hall–Kier alpha value is -2.06. The molecule has 0 fully saturated rings. The summed E-state index contributed by atoms with van der Waals surface area (Å²) < 4.78 is 36.5. The standard InChI is InChI=1S/C7H7F3N4O2/c8-7(9,10)2-14-4(6(12)16)3(1-13-14)5(11)15/h1H,2H2,(H2,11,15)(H2,12,16). The molecular weight excluding hydrogens is 229 g/mol.